The fourth-order valence-electron chi connectivity index (χ4n) is 1.62. The third-order valence-corrected chi connectivity index (χ3v) is 3.75. The predicted molar refractivity (Wildman–Crippen MR) is 60.8 cm³/mol. The van der Waals surface area contributed by atoms with E-state index < -0.39 is 18.2 Å². The van der Waals surface area contributed by atoms with Crippen LogP contribution >= 0.6 is 11.8 Å². The Kier molecular flexibility index (Phi) is 4.36. The van der Waals surface area contributed by atoms with Crippen LogP contribution < -0.4 is 0 Å². The van der Waals surface area contributed by atoms with E-state index in [1.165, 1.54) is 6.92 Å². The van der Waals surface area contributed by atoms with Crippen molar-refractivity contribution in [2.75, 3.05) is 18.1 Å². The smallest absolute Gasteiger partial charge is 0.383 e. The van der Waals surface area contributed by atoms with Crippen LogP contribution in [-0.2, 0) is 4.74 Å². The molecule has 2 rings (SSSR count). The molecule has 0 radical (unpaired) electrons. The number of nitrogens with zero attached hydrogens (tertiary/aromatic N) is 2. The summed E-state index contributed by atoms with van der Waals surface area (Å²) in [5.41, 5.74) is 0. The Morgan fingerprint density at radius 3 is 2.79 bits per heavy atom. The maximum Gasteiger partial charge on any atom is 0.415 e. The molecule has 0 saturated carbocycles. The van der Waals surface area contributed by atoms with Crippen LogP contribution in [0.2, 0.25) is 0 Å². The highest BCUT2D eigenvalue weighted by atomic mass is 32.2. The zero-order valence-corrected chi connectivity index (χ0v) is 10.9. The summed E-state index contributed by atoms with van der Waals surface area (Å²) in [4.78, 5) is 3.89. The summed E-state index contributed by atoms with van der Waals surface area (Å²) in [7, 11) is 0. The lowest BCUT2D eigenvalue weighted by Crippen LogP contribution is -2.33. The molecule has 1 aromatic heterocycles. The third kappa shape index (κ3) is 3.40. The van der Waals surface area contributed by atoms with Gasteiger partial charge in [0.05, 0.1) is 12.5 Å². The van der Waals surface area contributed by atoms with E-state index in [0.29, 0.717) is 12.4 Å². The van der Waals surface area contributed by atoms with Gasteiger partial charge in [0.15, 0.2) is 6.10 Å². The Balaban J connectivity index is 2.07. The van der Waals surface area contributed by atoms with Crippen molar-refractivity contribution in [3.8, 4) is 0 Å². The second-order valence-electron chi connectivity index (χ2n) is 4.20. The van der Waals surface area contributed by atoms with E-state index >= 15 is 0 Å². The van der Waals surface area contributed by atoms with Gasteiger partial charge in [-0.2, -0.15) is 29.9 Å². The van der Waals surface area contributed by atoms with Gasteiger partial charge in [0.25, 0.3) is 0 Å². The van der Waals surface area contributed by atoms with Crippen molar-refractivity contribution < 1.29 is 27.5 Å². The number of halogens is 3. The van der Waals surface area contributed by atoms with Crippen molar-refractivity contribution in [3.63, 3.8) is 0 Å². The fourth-order valence-corrected chi connectivity index (χ4v) is 2.46. The predicted octanol–water partition coefficient (Wildman–Crippen LogP) is 1.90. The summed E-state index contributed by atoms with van der Waals surface area (Å²) in [6.07, 6.45) is -7.61. The van der Waals surface area contributed by atoms with Gasteiger partial charge >= 0.3 is 6.18 Å². The van der Waals surface area contributed by atoms with Crippen LogP contribution in [0.5, 0.6) is 0 Å². The van der Waals surface area contributed by atoms with E-state index in [0.717, 1.165) is 5.75 Å². The first-order valence-corrected chi connectivity index (χ1v) is 6.82. The van der Waals surface area contributed by atoms with Crippen LogP contribution in [-0.4, -0.2) is 45.6 Å². The quantitative estimate of drug-likeness (QED) is 0.919. The molecule has 2 heterocycles. The lowest BCUT2D eigenvalue weighted by Gasteiger charge is -2.19. The average molecular weight is 298 g/mol. The monoisotopic (exact) mass is 298 g/mol. The molecule has 0 bridgehead atoms. The summed E-state index contributed by atoms with van der Waals surface area (Å²) in [5.74, 6) is 0.180. The summed E-state index contributed by atoms with van der Waals surface area (Å²) in [5, 5.41) is 12.8. The third-order valence-electron chi connectivity index (χ3n) is 2.76. The number of ether oxygens (including phenoxy) is 1. The summed E-state index contributed by atoms with van der Waals surface area (Å²) in [6.45, 7) is 1.73. The molecular weight excluding hydrogens is 285 g/mol. The van der Waals surface area contributed by atoms with Crippen molar-refractivity contribution in [3.05, 3.63) is 11.7 Å². The van der Waals surface area contributed by atoms with Gasteiger partial charge in [-0.05, 0) is 0 Å². The Bertz CT molecular complexity index is 420. The number of thioether (sulfide) groups is 1. The van der Waals surface area contributed by atoms with Crippen molar-refractivity contribution in [1.29, 1.82) is 0 Å². The topological polar surface area (TPSA) is 68.4 Å². The van der Waals surface area contributed by atoms with Gasteiger partial charge in [-0.3, -0.25) is 0 Å². The van der Waals surface area contributed by atoms with Crippen LogP contribution in [0.15, 0.2) is 4.52 Å². The highest BCUT2D eigenvalue weighted by molar-refractivity contribution is 7.99. The lowest BCUT2D eigenvalue weighted by atomic mass is 10.0. The molecule has 0 aromatic carbocycles. The molecule has 19 heavy (non-hydrogen) atoms. The second-order valence-corrected chi connectivity index (χ2v) is 5.35. The molecule has 3 atom stereocenters. The van der Waals surface area contributed by atoms with Crippen LogP contribution in [0.1, 0.15) is 30.7 Å². The van der Waals surface area contributed by atoms with Crippen LogP contribution in [0.4, 0.5) is 13.2 Å². The fraction of sp³-hybridized carbons (Fsp3) is 0.800. The Hall–Kier alpha value is -0.800. The summed E-state index contributed by atoms with van der Waals surface area (Å²) < 4.78 is 47.3. The number of rotatable bonds is 3. The van der Waals surface area contributed by atoms with Gasteiger partial charge in [-0.25, -0.2) is 0 Å². The van der Waals surface area contributed by atoms with Gasteiger partial charge in [0, 0.05) is 11.5 Å². The van der Waals surface area contributed by atoms with Crippen molar-refractivity contribution in [2.24, 2.45) is 0 Å². The first kappa shape index (κ1) is 14.6. The van der Waals surface area contributed by atoms with E-state index in [9.17, 15) is 13.2 Å². The zero-order valence-electron chi connectivity index (χ0n) is 10.1. The average Bonchev–Trinajstić information content (AvgIpc) is 2.86. The minimum atomic E-state index is -4.72. The standard InChI is InChI=1S/C10H13F3N2O3S/c1-5(7(16)10(11,12)13)9-14-8(15-18-9)6-4-19-3-2-17-6/h5-7,16H,2-4H2,1H3. The van der Waals surface area contributed by atoms with Crippen molar-refractivity contribution >= 4 is 11.8 Å². The molecule has 0 aliphatic carbocycles. The number of hydrogen-bond donors (Lipinski definition) is 1. The van der Waals surface area contributed by atoms with Gasteiger partial charge in [0.2, 0.25) is 11.7 Å². The molecule has 0 amide bonds. The maximum atomic E-state index is 12.4. The second kappa shape index (κ2) is 5.68. The molecule has 3 unspecified atom stereocenters. The first-order chi connectivity index (χ1) is 8.89. The molecule has 5 nitrogen and oxygen atoms in total. The maximum absolute atomic E-state index is 12.4. The molecule has 1 aliphatic rings. The number of alkyl halides is 3. The normalized spacial score (nSPS) is 24.2. The number of hydrogen-bond acceptors (Lipinski definition) is 6. The largest absolute Gasteiger partial charge is 0.415 e. The van der Waals surface area contributed by atoms with Crippen molar-refractivity contribution in [2.45, 2.75) is 31.2 Å². The molecule has 1 aromatic rings. The number of aliphatic hydroxyl groups excluding tert-OH is 1. The highest BCUT2D eigenvalue weighted by Gasteiger charge is 2.44. The lowest BCUT2D eigenvalue weighted by molar-refractivity contribution is -0.210. The van der Waals surface area contributed by atoms with E-state index in [-0.39, 0.29) is 17.8 Å². The molecule has 1 saturated heterocycles. The van der Waals surface area contributed by atoms with Gasteiger partial charge in [-0.15, -0.1) is 0 Å². The minimum absolute atomic E-state index is 0.225. The first-order valence-electron chi connectivity index (χ1n) is 5.67. The molecule has 0 spiro atoms. The van der Waals surface area contributed by atoms with Crippen molar-refractivity contribution in [1.82, 2.24) is 10.1 Å². The minimum Gasteiger partial charge on any atom is -0.383 e. The van der Waals surface area contributed by atoms with E-state index in [2.05, 4.69) is 10.1 Å². The van der Waals surface area contributed by atoms with Gasteiger partial charge in [-0.1, -0.05) is 12.1 Å². The summed E-state index contributed by atoms with van der Waals surface area (Å²) >= 11 is 1.65. The van der Waals surface area contributed by atoms with Gasteiger partial charge in [0.1, 0.15) is 6.10 Å². The molecule has 9 heteroatoms. The molecular formula is C10H13F3N2O3S. The number of aromatic nitrogens is 2. The molecule has 108 valence electrons. The van der Waals surface area contributed by atoms with Crippen LogP contribution in [0.25, 0.3) is 0 Å². The van der Waals surface area contributed by atoms with E-state index in [4.69, 9.17) is 14.4 Å². The van der Waals surface area contributed by atoms with Crippen LogP contribution in [0.3, 0.4) is 0 Å². The number of aliphatic hydroxyl groups is 1. The highest BCUT2D eigenvalue weighted by Crippen LogP contribution is 2.32. The summed E-state index contributed by atoms with van der Waals surface area (Å²) in [6, 6.07) is 0. The molecule has 1 aliphatic heterocycles. The van der Waals surface area contributed by atoms with Crippen LogP contribution in [0, 0.1) is 0 Å². The van der Waals surface area contributed by atoms with E-state index in [1.807, 2.05) is 0 Å². The van der Waals surface area contributed by atoms with E-state index in [1.54, 1.807) is 11.8 Å². The Morgan fingerprint density at radius 1 is 1.47 bits per heavy atom. The SMILES string of the molecule is CC(c1nc(C2CSCCO2)no1)C(O)C(F)(F)F. The Morgan fingerprint density at radius 2 is 2.21 bits per heavy atom. The molecule has 1 N–H and O–H groups in total. The Labute approximate surface area is 111 Å². The zero-order chi connectivity index (χ0) is 14.0. The van der Waals surface area contributed by atoms with Gasteiger partial charge < -0.3 is 14.4 Å². The molecule has 1 fully saturated rings.